The molecular formula is C21H20NO4S2-. The van der Waals surface area contributed by atoms with E-state index in [0.717, 1.165) is 32.1 Å². The van der Waals surface area contributed by atoms with Crippen LogP contribution >= 0.6 is 23.1 Å². The van der Waals surface area contributed by atoms with Crippen molar-refractivity contribution >= 4 is 50.3 Å². The van der Waals surface area contributed by atoms with E-state index < -0.39 is 5.97 Å². The fraction of sp³-hybridized carbons (Fsp3) is 0.238. The summed E-state index contributed by atoms with van der Waals surface area (Å²) in [5, 5.41) is 11.8. The summed E-state index contributed by atoms with van der Waals surface area (Å²) in [5.41, 5.74) is 1.77. The number of carboxylic acid groups (broad SMARTS) is 1. The van der Waals surface area contributed by atoms with Crippen molar-refractivity contribution < 1.29 is 19.4 Å². The number of ether oxygens (including phenoxy) is 2. The molecule has 1 heterocycles. The number of carbonyl (C=O) groups is 1. The summed E-state index contributed by atoms with van der Waals surface area (Å²) in [6.07, 6.45) is 2.81. The van der Waals surface area contributed by atoms with Crippen molar-refractivity contribution in [2.45, 2.75) is 13.3 Å². The first-order valence-corrected chi connectivity index (χ1v) is 10.6. The van der Waals surface area contributed by atoms with Crippen LogP contribution in [-0.4, -0.2) is 30.4 Å². The number of hydrogen-bond acceptors (Lipinski definition) is 7. The van der Waals surface area contributed by atoms with E-state index in [1.165, 1.54) is 23.1 Å². The Balaban J connectivity index is 1.99. The molecule has 0 unspecified atom stereocenters. The van der Waals surface area contributed by atoms with E-state index in [1.807, 2.05) is 55.5 Å². The number of rotatable bonds is 9. The molecule has 0 aliphatic carbocycles. The van der Waals surface area contributed by atoms with Crippen molar-refractivity contribution in [2.75, 3.05) is 19.5 Å². The maximum absolute atomic E-state index is 11.0. The fourth-order valence-electron chi connectivity index (χ4n) is 2.54. The maximum Gasteiger partial charge on any atom is 0.161 e. The molecule has 0 atom stereocenters. The molecule has 3 aromatic rings. The van der Waals surface area contributed by atoms with E-state index in [1.54, 1.807) is 7.11 Å². The molecular weight excluding hydrogens is 394 g/mol. The maximum atomic E-state index is 11.0. The van der Waals surface area contributed by atoms with Gasteiger partial charge in [0.2, 0.25) is 0 Å². The lowest BCUT2D eigenvalue weighted by Crippen LogP contribution is -2.24. The summed E-state index contributed by atoms with van der Waals surface area (Å²) in [5.74, 6) is 0.0665. The summed E-state index contributed by atoms with van der Waals surface area (Å²) < 4.78 is 12.2. The molecule has 0 aliphatic heterocycles. The molecule has 146 valence electrons. The summed E-state index contributed by atoms with van der Waals surface area (Å²) in [7, 11) is 1.60. The number of para-hydroxylation sites is 1. The van der Waals surface area contributed by atoms with Crippen molar-refractivity contribution in [1.29, 1.82) is 0 Å². The number of fused-ring (bicyclic) bond motifs is 1. The lowest BCUT2D eigenvalue weighted by Gasteiger charge is -2.11. The topological polar surface area (TPSA) is 71.5 Å². The first-order chi connectivity index (χ1) is 13.6. The predicted octanol–water partition coefficient (Wildman–Crippen LogP) is 4.07. The largest absolute Gasteiger partial charge is 0.549 e. The summed E-state index contributed by atoms with van der Waals surface area (Å²) in [6.45, 7) is 2.63. The first-order valence-electron chi connectivity index (χ1n) is 8.82. The molecule has 0 saturated carbocycles. The highest BCUT2D eigenvalue weighted by Crippen LogP contribution is 2.36. The predicted molar refractivity (Wildman–Crippen MR) is 114 cm³/mol. The number of thioether (sulfide) groups is 1. The Kier molecular flexibility index (Phi) is 6.95. The van der Waals surface area contributed by atoms with Gasteiger partial charge in [0, 0.05) is 10.7 Å². The van der Waals surface area contributed by atoms with E-state index in [9.17, 15) is 9.90 Å². The average molecular weight is 415 g/mol. The number of nitrogens with zero attached hydrogens (tertiary/aromatic N) is 1. The van der Waals surface area contributed by atoms with Crippen LogP contribution in [0.3, 0.4) is 0 Å². The lowest BCUT2D eigenvalue weighted by atomic mass is 10.2. The van der Waals surface area contributed by atoms with Gasteiger partial charge in [-0.1, -0.05) is 25.1 Å². The number of benzene rings is 2. The second-order valence-electron chi connectivity index (χ2n) is 5.91. The SMILES string of the molecule is CCCOc1cc(/C=C(\SCC(=O)[O-])c2nc3ccccc3s2)ccc1OC. The van der Waals surface area contributed by atoms with E-state index in [0.29, 0.717) is 18.1 Å². The monoisotopic (exact) mass is 414 g/mol. The van der Waals surface area contributed by atoms with Crippen LogP contribution in [0.2, 0.25) is 0 Å². The molecule has 2 aromatic carbocycles. The van der Waals surface area contributed by atoms with E-state index in [2.05, 4.69) is 4.98 Å². The van der Waals surface area contributed by atoms with Crippen molar-refractivity contribution in [1.82, 2.24) is 4.98 Å². The molecule has 0 saturated heterocycles. The summed E-state index contributed by atoms with van der Waals surface area (Å²) in [4.78, 5) is 16.4. The zero-order valence-corrected chi connectivity index (χ0v) is 17.3. The Labute approximate surface area is 172 Å². The molecule has 7 heteroatoms. The standard InChI is InChI=1S/C21H21NO4S2/c1-3-10-26-17-11-14(8-9-16(17)25-2)12-19(27-13-20(23)24)21-22-15-6-4-5-7-18(15)28-21/h4-9,11-12H,3,10,13H2,1-2H3,(H,23,24)/p-1/b19-12-. The third kappa shape index (κ3) is 5.05. The summed E-state index contributed by atoms with van der Waals surface area (Å²) >= 11 is 2.73. The van der Waals surface area contributed by atoms with Gasteiger partial charge in [-0.05, 0) is 42.3 Å². The molecule has 0 radical (unpaired) electrons. The Bertz CT molecular complexity index is 964. The molecule has 0 N–H and O–H groups in total. The van der Waals surface area contributed by atoms with Crippen molar-refractivity contribution in [3.05, 3.63) is 53.0 Å². The van der Waals surface area contributed by atoms with Crippen molar-refractivity contribution in [3.63, 3.8) is 0 Å². The van der Waals surface area contributed by atoms with E-state index in [-0.39, 0.29) is 5.75 Å². The van der Waals surface area contributed by atoms with Gasteiger partial charge in [0.1, 0.15) is 5.01 Å². The number of thiazole rings is 1. The summed E-state index contributed by atoms with van der Waals surface area (Å²) in [6, 6.07) is 13.5. The van der Waals surface area contributed by atoms with Gasteiger partial charge in [-0.15, -0.1) is 23.1 Å². The van der Waals surface area contributed by atoms with Gasteiger partial charge in [0.15, 0.2) is 11.5 Å². The molecule has 5 nitrogen and oxygen atoms in total. The third-order valence-electron chi connectivity index (χ3n) is 3.80. The Morgan fingerprint density at radius 3 is 2.79 bits per heavy atom. The van der Waals surface area contributed by atoms with Crippen LogP contribution in [0.5, 0.6) is 11.5 Å². The van der Waals surface area contributed by atoms with Crippen LogP contribution in [0.1, 0.15) is 23.9 Å². The second kappa shape index (κ2) is 9.61. The average Bonchev–Trinajstić information content (AvgIpc) is 3.13. The minimum absolute atomic E-state index is 0.142. The first kappa shape index (κ1) is 20.2. The molecule has 0 aliphatic rings. The Morgan fingerprint density at radius 1 is 1.25 bits per heavy atom. The van der Waals surface area contributed by atoms with Crippen LogP contribution in [0.15, 0.2) is 42.5 Å². The number of aromatic nitrogens is 1. The van der Waals surface area contributed by atoms with E-state index in [4.69, 9.17) is 9.47 Å². The van der Waals surface area contributed by atoms with Crippen LogP contribution in [0.4, 0.5) is 0 Å². The molecule has 0 amide bonds. The van der Waals surface area contributed by atoms with Crippen LogP contribution in [0.25, 0.3) is 21.2 Å². The zero-order valence-electron chi connectivity index (χ0n) is 15.6. The Morgan fingerprint density at radius 2 is 2.07 bits per heavy atom. The highest BCUT2D eigenvalue weighted by Gasteiger charge is 2.11. The second-order valence-corrected chi connectivity index (χ2v) is 7.96. The van der Waals surface area contributed by atoms with Crippen LogP contribution < -0.4 is 14.6 Å². The molecule has 0 spiro atoms. The van der Waals surface area contributed by atoms with Gasteiger partial charge < -0.3 is 19.4 Å². The van der Waals surface area contributed by atoms with Gasteiger partial charge >= 0.3 is 0 Å². The van der Waals surface area contributed by atoms with E-state index >= 15 is 0 Å². The zero-order chi connectivity index (χ0) is 19.9. The van der Waals surface area contributed by atoms with Crippen molar-refractivity contribution in [2.24, 2.45) is 0 Å². The molecule has 0 bridgehead atoms. The molecule has 28 heavy (non-hydrogen) atoms. The quantitative estimate of drug-likeness (QED) is 0.525. The van der Waals surface area contributed by atoms with Gasteiger partial charge in [0.25, 0.3) is 0 Å². The Hall–Kier alpha value is -2.51. The van der Waals surface area contributed by atoms with Crippen LogP contribution in [-0.2, 0) is 4.79 Å². The van der Waals surface area contributed by atoms with Crippen LogP contribution in [0, 0.1) is 0 Å². The lowest BCUT2D eigenvalue weighted by molar-refractivity contribution is -0.301. The molecule has 3 rings (SSSR count). The number of carbonyl (C=O) groups excluding carboxylic acids is 1. The van der Waals surface area contributed by atoms with Gasteiger partial charge in [0.05, 0.1) is 29.9 Å². The smallest absolute Gasteiger partial charge is 0.161 e. The van der Waals surface area contributed by atoms with Gasteiger partial charge in [-0.25, -0.2) is 4.98 Å². The van der Waals surface area contributed by atoms with Crippen molar-refractivity contribution in [3.8, 4) is 11.5 Å². The number of aliphatic carboxylic acids is 1. The number of hydrogen-bond donors (Lipinski definition) is 0. The molecule has 1 aromatic heterocycles. The third-order valence-corrected chi connectivity index (χ3v) is 6.00. The minimum Gasteiger partial charge on any atom is -0.549 e. The minimum atomic E-state index is -1.11. The normalized spacial score (nSPS) is 11.6. The van der Waals surface area contributed by atoms with Gasteiger partial charge in [-0.3, -0.25) is 0 Å². The highest BCUT2D eigenvalue weighted by molar-refractivity contribution is 8.09. The van der Waals surface area contributed by atoms with Gasteiger partial charge in [-0.2, -0.15) is 0 Å². The fourth-order valence-corrected chi connectivity index (χ4v) is 4.38. The highest BCUT2D eigenvalue weighted by atomic mass is 32.2. The molecule has 0 fully saturated rings. The number of carboxylic acids is 1. The number of methoxy groups -OCH3 is 1.